The largest absolute Gasteiger partial charge is 0.493 e. The van der Waals surface area contributed by atoms with E-state index in [9.17, 15) is 8.78 Å². The zero-order valence-corrected chi connectivity index (χ0v) is 18.2. The number of ether oxygens (including phenoxy) is 1. The van der Waals surface area contributed by atoms with E-state index >= 15 is 0 Å². The predicted molar refractivity (Wildman–Crippen MR) is 119 cm³/mol. The molecule has 0 N–H and O–H groups in total. The molecule has 0 fully saturated rings. The van der Waals surface area contributed by atoms with Gasteiger partial charge in [-0.25, -0.2) is 28.4 Å². The van der Waals surface area contributed by atoms with Crippen LogP contribution < -0.4 is 4.74 Å². The molecular formula is C24H22F2N6O. The second-order valence-corrected chi connectivity index (χ2v) is 7.94. The van der Waals surface area contributed by atoms with Crippen LogP contribution in [0.4, 0.5) is 8.78 Å². The Kier molecular flexibility index (Phi) is 5.45. The van der Waals surface area contributed by atoms with Crippen molar-refractivity contribution in [2.75, 3.05) is 7.11 Å². The van der Waals surface area contributed by atoms with Gasteiger partial charge in [-0.2, -0.15) is 5.10 Å². The van der Waals surface area contributed by atoms with Gasteiger partial charge in [0.25, 0.3) is 0 Å². The Bertz CT molecular complexity index is 1340. The molecule has 0 bridgehead atoms. The van der Waals surface area contributed by atoms with Gasteiger partial charge >= 0.3 is 0 Å². The van der Waals surface area contributed by atoms with Gasteiger partial charge in [0.1, 0.15) is 12.2 Å². The molecule has 0 aliphatic carbocycles. The molecule has 1 aliphatic heterocycles. The minimum absolute atomic E-state index is 0.318. The van der Waals surface area contributed by atoms with Gasteiger partial charge in [-0.05, 0) is 49.6 Å². The third kappa shape index (κ3) is 4.02. The van der Waals surface area contributed by atoms with Crippen LogP contribution in [0.25, 0.3) is 18.0 Å². The summed E-state index contributed by atoms with van der Waals surface area (Å²) in [6.45, 7) is 2.60. The normalized spacial score (nSPS) is 15.7. The van der Waals surface area contributed by atoms with Gasteiger partial charge in [0.05, 0.1) is 12.8 Å². The third-order valence-corrected chi connectivity index (χ3v) is 5.70. The van der Waals surface area contributed by atoms with Crippen LogP contribution in [0.3, 0.4) is 0 Å². The van der Waals surface area contributed by atoms with Crippen LogP contribution >= 0.6 is 0 Å². The molecule has 0 saturated carbocycles. The number of hydrogen-bond acceptors (Lipinski definition) is 5. The SMILES string of the molecule is COc1cc(C=Cc2nc3n(n2)CCC[C@H]3c2cccc(F)c2F)cnc1-n1cnc(C)c1. The summed E-state index contributed by atoms with van der Waals surface area (Å²) >= 11 is 0. The zero-order chi connectivity index (χ0) is 22.9. The van der Waals surface area contributed by atoms with Gasteiger partial charge in [0.15, 0.2) is 29.0 Å². The number of rotatable bonds is 5. The van der Waals surface area contributed by atoms with Crippen molar-refractivity contribution in [3.05, 3.63) is 83.1 Å². The summed E-state index contributed by atoms with van der Waals surface area (Å²) in [6.07, 6.45) is 10.4. The van der Waals surface area contributed by atoms with Crippen molar-refractivity contribution in [1.29, 1.82) is 0 Å². The summed E-state index contributed by atoms with van der Waals surface area (Å²) in [5, 5.41) is 4.54. The lowest BCUT2D eigenvalue weighted by atomic mass is 9.91. The highest BCUT2D eigenvalue weighted by atomic mass is 19.2. The smallest absolute Gasteiger partial charge is 0.180 e. The fourth-order valence-corrected chi connectivity index (χ4v) is 4.12. The highest BCUT2D eigenvalue weighted by Gasteiger charge is 2.28. The second-order valence-electron chi connectivity index (χ2n) is 7.94. The van der Waals surface area contributed by atoms with E-state index in [2.05, 4.69) is 20.1 Å². The average molecular weight is 448 g/mol. The van der Waals surface area contributed by atoms with E-state index in [0.29, 0.717) is 41.7 Å². The van der Waals surface area contributed by atoms with Gasteiger partial charge in [-0.1, -0.05) is 12.1 Å². The number of benzene rings is 1. The molecule has 4 heterocycles. The maximum atomic E-state index is 14.4. The molecule has 1 atom stereocenters. The third-order valence-electron chi connectivity index (χ3n) is 5.70. The number of halogens is 2. The molecule has 5 rings (SSSR count). The number of imidazole rings is 1. The average Bonchev–Trinajstić information content (AvgIpc) is 3.45. The lowest BCUT2D eigenvalue weighted by Gasteiger charge is -2.22. The molecule has 7 nitrogen and oxygen atoms in total. The summed E-state index contributed by atoms with van der Waals surface area (Å²) in [4.78, 5) is 13.3. The molecule has 1 aliphatic rings. The first-order valence-electron chi connectivity index (χ1n) is 10.6. The van der Waals surface area contributed by atoms with Crippen molar-refractivity contribution < 1.29 is 13.5 Å². The Hall–Kier alpha value is -3.88. The number of fused-ring (bicyclic) bond motifs is 1. The summed E-state index contributed by atoms with van der Waals surface area (Å²) < 4.78 is 37.3. The molecular weight excluding hydrogens is 426 g/mol. The molecule has 9 heteroatoms. The number of hydrogen-bond donors (Lipinski definition) is 0. The fourth-order valence-electron chi connectivity index (χ4n) is 4.12. The monoisotopic (exact) mass is 448 g/mol. The Morgan fingerprint density at radius 1 is 1.18 bits per heavy atom. The van der Waals surface area contributed by atoms with Crippen molar-refractivity contribution in [3.8, 4) is 11.6 Å². The van der Waals surface area contributed by atoms with Gasteiger partial charge < -0.3 is 4.74 Å². The molecule has 4 aromatic rings. The maximum Gasteiger partial charge on any atom is 0.180 e. The molecule has 0 unspecified atom stereocenters. The van der Waals surface area contributed by atoms with E-state index < -0.39 is 11.6 Å². The molecule has 0 amide bonds. The lowest BCUT2D eigenvalue weighted by molar-refractivity contribution is 0.410. The summed E-state index contributed by atoms with van der Waals surface area (Å²) in [6, 6.07) is 6.14. The molecule has 33 heavy (non-hydrogen) atoms. The van der Waals surface area contributed by atoms with Crippen LogP contribution in [-0.2, 0) is 6.54 Å². The predicted octanol–water partition coefficient (Wildman–Crippen LogP) is 4.55. The standard InChI is InChI=1S/C24H22F2N6O/c1-15-13-31(14-28-15)24-20(33-2)11-16(12-27-24)8-9-21-29-23-18(6-4-10-32(23)30-21)17-5-3-7-19(25)22(17)26/h3,5,7-9,11-14,18H,4,6,10H2,1-2H3/t18-/m0/s1. The van der Waals surface area contributed by atoms with E-state index in [-0.39, 0.29) is 5.92 Å². The zero-order valence-electron chi connectivity index (χ0n) is 18.2. The topological polar surface area (TPSA) is 70.7 Å². The van der Waals surface area contributed by atoms with Crippen LogP contribution in [-0.4, -0.2) is 36.4 Å². The summed E-state index contributed by atoms with van der Waals surface area (Å²) in [7, 11) is 1.59. The molecule has 168 valence electrons. The first-order chi connectivity index (χ1) is 16.0. The minimum atomic E-state index is -0.847. The van der Waals surface area contributed by atoms with E-state index in [1.165, 1.54) is 6.07 Å². The highest BCUT2D eigenvalue weighted by Crippen LogP contribution is 2.34. The maximum absolute atomic E-state index is 14.4. The van der Waals surface area contributed by atoms with E-state index in [4.69, 9.17) is 4.74 Å². The minimum Gasteiger partial charge on any atom is -0.493 e. The van der Waals surface area contributed by atoms with Crippen molar-refractivity contribution in [2.24, 2.45) is 0 Å². The van der Waals surface area contributed by atoms with Crippen LogP contribution in [0.15, 0.2) is 43.0 Å². The van der Waals surface area contributed by atoms with Gasteiger partial charge in [0, 0.05) is 30.4 Å². The van der Waals surface area contributed by atoms with Crippen molar-refractivity contribution in [1.82, 2.24) is 29.3 Å². The first kappa shape index (κ1) is 21.0. The van der Waals surface area contributed by atoms with Gasteiger partial charge in [-0.3, -0.25) is 4.57 Å². The van der Waals surface area contributed by atoms with E-state index in [1.54, 1.807) is 41.0 Å². The summed E-state index contributed by atoms with van der Waals surface area (Å²) in [5.74, 6) is 0.402. The number of pyridine rings is 1. The van der Waals surface area contributed by atoms with Gasteiger partial charge in [-0.15, -0.1) is 0 Å². The van der Waals surface area contributed by atoms with Crippen LogP contribution in [0.1, 0.15) is 47.2 Å². The molecule has 0 radical (unpaired) electrons. The number of aryl methyl sites for hydroxylation is 2. The van der Waals surface area contributed by atoms with Crippen LogP contribution in [0, 0.1) is 18.6 Å². The lowest BCUT2D eigenvalue weighted by Crippen LogP contribution is -2.19. The Labute approximate surface area is 189 Å². The Morgan fingerprint density at radius 2 is 2.06 bits per heavy atom. The van der Waals surface area contributed by atoms with Crippen LogP contribution in [0.2, 0.25) is 0 Å². The van der Waals surface area contributed by atoms with E-state index in [1.807, 2.05) is 25.3 Å². The molecule has 0 spiro atoms. The molecule has 3 aromatic heterocycles. The van der Waals surface area contributed by atoms with Gasteiger partial charge in [0.2, 0.25) is 0 Å². The highest BCUT2D eigenvalue weighted by molar-refractivity contribution is 5.67. The molecule has 1 aromatic carbocycles. The number of methoxy groups -OCH3 is 1. The van der Waals surface area contributed by atoms with Crippen molar-refractivity contribution in [3.63, 3.8) is 0 Å². The summed E-state index contributed by atoms with van der Waals surface area (Å²) in [5.41, 5.74) is 2.01. The van der Waals surface area contributed by atoms with Crippen LogP contribution in [0.5, 0.6) is 5.75 Å². The number of aromatic nitrogens is 6. The Balaban J connectivity index is 1.42. The first-order valence-corrected chi connectivity index (χ1v) is 10.6. The van der Waals surface area contributed by atoms with Crippen molar-refractivity contribution in [2.45, 2.75) is 32.2 Å². The fraction of sp³-hybridized carbons (Fsp3) is 0.250. The van der Waals surface area contributed by atoms with Crippen molar-refractivity contribution >= 4 is 12.2 Å². The molecule has 0 saturated heterocycles. The Morgan fingerprint density at radius 3 is 2.85 bits per heavy atom. The quantitative estimate of drug-likeness (QED) is 0.448. The second kappa shape index (κ2) is 8.57. The van der Waals surface area contributed by atoms with E-state index in [0.717, 1.165) is 23.7 Å². The number of nitrogens with zero attached hydrogens (tertiary/aromatic N) is 6.